The highest BCUT2D eigenvalue weighted by atomic mass is 28.4. The summed E-state index contributed by atoms with van der Waals surface area (Å²) in [6, 6.07) is 0.623. The number of likely N-dealkylation sites (tertiary alicyclic amines) is 1. The Morgan fingerprint density at radius 3 is 2.17 bits per heavy atom. The van der Waals surface area contributed by atoms with Crippen LogP contribution >= 0.6 is 0 Å². The fourth-order valence-electron chi connectivity index (χ4n) is 2.70. The van der Waals surface area contributed by atoms with Crippen LogP contribution in [0.15, 0.2) is 0 Å². The molecule has 24 heavy (non-hydrogen) atoms. The molecule has 9 heteroatoms. The summed E-state index contributed by atoms with van der Waals surface area (Å²) in [5, 5.41) is 0. The van der Waals surface area contributed by atoms with Gasteiger partial charge in [-0.3, -0.25) is 4.79 Å². The Labute approximate surface area is 149 Å². The second-order valence-electron chi connectivity index (χ2n) is 5.43. The largest absolute Gasteiger partial charge is 0.492 e. The standard InChI is InChI=1S/C15H33NO6Si2/c1-5-18-15(19-6-2)23-22-24(20-7-3,21-8-4)13-12-16-11-9-10-14(16)17/h15H,5-13,23H2,1-4H3. The quantitative estimate of drug-likeness (QED) is 0.332. The average Bonchev–Trinajstić information content (AvgIpc) is 2.97. The Morgan fingerprint density at radius 2 is 1.71 bits per heavy atom. The first kappa shape index (κ1) is 21.7. The minimum Gasteiger partial charge on any atom is -0.415 e. The number of amides is 1. The molecule has 0 unspecified atom stereocenters. The molecule has 1 amide bonds. The molecule has 1 fully saturated rings. The van der Waals surface area contributed by atoms with Gasteiger partial charge in [-0.05, 0) is 34.1 Å². The second kappa shape index (κ2) is 12.1. The van der Waals surface area contributed by atoms with Crippen LogP contribution in [0, 0.1) is 0 Å². The van der Waals surface area contributed by atoms with Crippen molar-refractivity contribution in [1.29, 1.82) is 0 Å². The molecule has 0 radical (unpaired) electrons. The van der Waals surface area contributed by atoms with E-state index in [1.807, 2.05) is 32.6 Å². The highest BCUT2D eigenvalue weighted by Gasteiger charge is 2.42. The van der Waals surface area contributed by atoms with Crippen LogP contribution in [0.5, 0.6) is 0 Å². The van der Waals surface area contributed by atoms with Crippen LogP contribution in [0.3, 0.4) is 0 Å². The number of nitrogens with zero attached hydrogens (tertiary/aromatic N) is 1. The van der Waals surface area contributed by atoms with Gasteiger partial charge in [0.1, 0.15) is 0 Å². The van der Waals surface area contributed by atoms with Crippen LogP contribution in [0.1, 0.15) is 40.5 Å². The maximum Gasteiger partial charge on any atom is 0.492 e. The van der Waals surface area contributed by atoms with Gasteiger partial charge in [-0.2, -0.15) is 0 Å². The maximum atomic E-state index is 11.8. The Bertz CT molecular complexity index is 349. The van der Waals surface area contributed by atoms with Crippen LogP contribution in [0.4, 0.5) is 0 Å². The van der Waals surface area contributed by atoms with Gasteiger partial charge in [0.25, 0.3) is 0 Å². The normalized spacial score (nSPS) is 16.2. The van der Waals surface area contributed by atoms with Crippen molar-refractivity contribution < 1.29 is 27.2 Å². The van der Waals surface area contributed by atoms with Gasteiger partial charge in [0.2, 0.25) is 15.7 Å². The molecule has 0 aromatic rings. The number of carbonyl (C=O) groups excluding carboxylic acids is 1. The van der Waals surface area contributed by atoms with Crippen LogP contribution in [-0.4, -0.2) is 74.8 Å². The smallest absolute Gasteiger partial charge is 0.415 e. The molecule has 0 aromatic carbocycles. The van der Waals surface area contributed by atoms with Crippen molar-refractivity contribution >= 4 is 24.5 Å². The first-order valence-corrected chi connectivity index (χ1v) is 12.4. The summed E-state index contributed by atoms with van der Waals surface area (Å²) in [6.45, 7) is 11.4. The summed E-state index contributed by atoms with van der Waals surface area (Å²) in [5.41, 5.74) is 0. The van der Waals surface area contributed by atoms with E-state index in [0.29, 0.717) is 45.4 Å². The van der Waals surface area contributed by atoms with E-state index in [1.165, 1.54) is 0 Å². The lowest BCUT2D eigenvalue weighted by Crippen LogP contribution is -2.51. The summed E-state index contributed by atoms with van der Waals surface area (Å²) in [7, 11) is -3.94. The van der Waals surface area contributed by atoms with E-state index in [2.05, 4.69) is 0 Å². The lowest BCUT2D eigenvalue weighted by Gasteiger charge is -2.32. The molecule has 0 saturated carbocycles. The highest BCUT2D eigenvalue weighted by Crippen LogP contribution is 2.19. The molecule has 0 bridgehead atoms. The van der Waals surface area contributed by atoms with Crippen LogP contribution < -0.4 is 0 Å². The third kappa shape index (κ3) is 7.30. The van der Waals surface area contributed by atoms with Crippen molar-refractivity contribution in [1.82, 2.24) is 4.90 Å². The van der Waals surface area contributed by atoms with E-state index >= 15 is 0 Å². The summed E-state index contributed by atoms with van der Waals surface area (Å²) in [6.07, 6.45) is 1.58. The van der Waals surface area contributed by atoms with E-state index < -0.39 is 18.6 Å². The fourth-order valence-corrected chi connectivity index (χ4v) is 7.97. The van der Waals surface area contributed by atoms with Crippen molar-refractivity contribution in [2.75, 3.05) is 39.5 Å². The van der Waals surface area contributed by atoms with Crippen LogP contribution in [0.2, 0.25) is 6.04 Å². The monoisotopic (exact) mass is 379 g/mol. The van der Waals surface area contributed by atoms with E-state index in [0.717, 1.165) is 13.0 Å². The van der Waals surface area contributed by atoms with Gasteiger partial charge < -0.3 is 27.3 Å². The van der Waals surface area contributed by atoms with Gasteiger partial charge in [-0.1, -0.05) is 0 Å². The molecule has 1 saturated heterocycles. The fraction of sp³-hybridized carbons (Fsp3) is 0.933. The van der Waals surface area contributed by atoms with E-state index in [9.17, 15) is 4.79 Å². The van der Waals surface area contributed by atoms with E-state index in [4.69, 9.17) is 22.4 Å². The molecule has 7 nitrogen and oxygen atoms in total. The number of rotatable bonds is 14. The predicted octanol–water partition coefficient (Wildman–Crippen LogP) is 1.08. The molecule has 1 aliphatic rings. The van der Waals surface area contributed by atoms with Crippen molar-refractivity contribution in [2.24, 2.45) is 0 Å². The Balaban J connectivity index is 2.66. The van der Waals surface area contributed by atoms with Crippen LogP contribution in [0.25, 0.3) is 0 Å². The molecule has 142 valence electrons. The highest BCUT2D eigenvalue weighted by molar-refractivity contribution is 6.66. The minimum absolute atomic E-state index is 0.213. The zero-order valence-electron chi connectivity index (χ0n) is 15.5. The van der Waals surface area contributed by atoms with Crippen molar-refractivity contribution in [2.45, 2.75) is 52.5 Å². The lowest BCUT2D eigenvalue weighted by molar-refractivity contribution is -0.127. The lowest BCUT2D eigenvalue weighted by atomic mass is 10.4. The molecule has 0 atom stereocenters. The minimum atomic E-state index is -2.81. The third-order valence-electron chi connectivity index (χ3n) is 3.73. The molecule has 0 spiro atoms. The summed E-state index contributed by atoms with van der Waals surface area (Å²) in [4.78, 5) is 13.7. The molecular formula is C15H33NO6Si2. The molecule has 0 N–H and O–H groups in total. The molecule has 1 heterocycles. The van der Waals surface area contributed by atoms with Gasteiger partial charge in [0.05, 0.1) is 0 Å². The summed E-state index contributed by atoms with van der Waals surface area (Å²) in [5.74, 6) is -0.0779. The van der Waals surface area contributed by atoms with E-state index in [1.54, 1.807) is 0 Å². The zero-order chi connectivity index (χ0) is 17.8. The van der Waals surface area contributed by atoms with Gasteiger partial charge >= 0.3 is 8.80 Å². The summed E-state index contributed by atoms with van der Waals surface area (Å²) >= 11 is 0. The van der Waals surface area contributed by atoms with Crippen molar-refractivity contribution in [3.63, 3.8) is 0 Å². The Kier molecular flexibility index (Phi) is 11.0. The third-order valence-corrected chi connectivity index (χ3v) is 9.19. The number of ether oxygens (including phenoxy) is 2. The number of carbonyl (C=O) groups is 1. The van der Waals surface area contributed by atoms with Gasteiger partial charge in [-0.15, -0.1) is 0 Å². The molecule has 0 aliphatic carbocycles. The van der Waals surface area contributed by atoms with Gasteiger partial charge in [-0.25, -0.2) is 0 Å². The molecule has 0 aromatic heterocycles. The van der Waals surface area contributed by atoms with Gasteiger partial charge in [0.15, 0.2) is 5.91 Å². The average molecular weight is 380 g/mol. The molecule has 1 rings (SSSR count). The number of hydrogen-bond acceptors (Lipinski definition) is 6. The maximum absolute atomic E-state index is 11.8. The predicted molar refractivity (Wildman–Crippen MR) is 96.3 cm³/mol. The van der Waals surface area contributed by atoms with Crippen molar-refractivity contribution in [3.05, 3.63) is 0 Å². The van der Waals surface area contributed by atoms with Gasteiger partial charge in [0, 0.05) is 52.0 Å². The Hall–Kier alpha value is -0.296. The number of hydrogen-bond donors (Lipinski definition) is 0. The summed E-state index contributed by atoms with van der Waals surface area (Å²) < 4.78 is 29.3. The SMILES string of the molecule is CCOC(OCC)[SiH2]O[Si](CCN1CCCC1=O)(OCC)OCC. The molecular weight excluding hydrogens is 346 g/mol. The zero-order valence-corrected chi connectivity index (χ0v) is 18.0. The van der Waals surface area contributed by atoms with Crippen molar-refractivity contribution in [3.8, 4) is 0 Å². The Morgan fingerprint density at radius 1 is 1.08 bits per heavy atom. The first-order chi connectivity index (χ1) is 11.6. The topological polar surface area (TPSA) is 66.5 Å². The first-order valence-electron chi connectivity index (χ1n) is 9.03. The van der Waals surface area contributed by atoms with E-state index in [-0.39, 0.29) is 11.8 Å². The second-order valence-corrected chi connectivity index (χ2v) is 10.0. The molecule has 1 aliphatic heterocycles. The van der Waals surface area contributed by atoms with Crippen LogP contribution in [-0.2, 0) is 27.2 Å².